The van der Waals surface area contributed by atoms with Gasteiger partial charge in [0, 0.05) is 31.3 Å². The van der Waals surface area contributed by atoms with Gasteiger partial charge in [0.2, 0.25) is 0 Å². The molecule has 0 fully saturated rings. The van der Waals surface area contributed by atoms with E-state index in [2.05, 4.69) is 26.5 Å². The van der Waals surface area contributed by atoms with Gasteiger partial charge >= 0.3 is 0 Å². The molecule has 0 aromatic heterocycles. The molecule has 0 bridgehead atoms. The van der Waals surface area contributed by atoms with Crippen LogP contribution in [0.25, 0.3) is 0 Å². The van der Waals surface area contributed by atoms with Crippen molar-refractivity contribution < 1.29 is 9.53 Å². The van der Waals surface area contributed by atoms with Crippen LogP contribution in [-0.2, 0) is 5.75 Å². The molecule has 0 heterocycles. The van der Waals surface area contributed by atoms with Crippen LogP contribution in [0.3, 0.4) is 0 Å². The molecule has 0 aliphatic carbocycles. The third kappa shape index (κ3) is 6.35. The van der Waals surface area contributed by atoms with Crippen molar-refractivity contribution in [2.75, 3.05) is 7.11 Å². The maximum Gasteiger partial charge on any atom is 0.271 e. The Morgan fingerprint density at radius 3 is 2.55 bits per heavy atom. The zero-order valence-corrected chi connectivity index (χ0v) is 18.7. The summed E-state index contributed by atoms with van der Waals surface area (Å²) in [5.74, 6) is 1.21. The van der Waals surface area contributed by atoms with Crippen LogP contribution in [0.2, 0.25) is 5.02 Å². The molecule has 4 nitrogen and oxygen atoms in total. The maximum atomic E-state index is 12.3. The summed E-state index contributed by atoms with van der Waals surface area (Å²) in [4.78, 5) is 13.4. The second kappa shape index (κ2) is 10.5. The molecule has 0 spiro atoms. The number of hydrazone groups is 1. The number of rotatable bonds is 7. The number of nitrogens with one attached hydrogen (secondary N) is 1. The maximum absolute atomic E-state index is 12.3. The van der Waals surface area contributed by atoms with Gasteiger partial charge in [0.05, 0.1) is 13.3 Å². The van der Waals surface area contributed by atoms with Crippen molar-refractivity contribution in [3.63, 3.8) is 0 Å². The Bertz CT molecular complexity index is 1010. The van der Waals surface area contributed by atoms with Gasteiger partial charge in [-0.15, -0.1) is 11.8 Å². The zero-order valence-electron chi connectivity index (χ0n) is 15.6. The van der Waals surface area contributed by atoms with Crippen molar-refractivity contribution in [1.82, 2.24) is 5.43 Å². The summed E-state index contributed by atoms with van der Waals surface area (Å²) in [6.07, 6.45) is 1.55. The number of nitrogens with zero attached hydrogens (tertiary/aromatic N) is 1. The zero-order chi connectivity index (χ0) is 20.6. The molecule has 29 heavy (non-hydrogen) atoms. The van der Waals surface area contributed by atoms with E-state index in [1.165, 1.54) is 0 Å². The lowest BCUT2D eigenvalue weighted by Crippen LogP contribution is -2.17. The van der Waals surface area contributed by atoms with Gasteiger partial charge < -0.3 is 4.74 Å². The molecule has 0 radical (unpaired) electrons. The smallest absolute Gasteiger partial charge is 0.271 e. The molecule has 0 unspecified atom stereocenters. The second-order valence-corrected chi connectivity index (χ2v) is 8.43. The first-order valence-corrected chi connectivity index (χ1v) is 10.8. The number of thioether (sulfide) groups is 1. The molecule has 3 aromatic carbocycles. The number of ether oxygens (including phenoxy) is 1. The first-order valence-electron chi connectivity index (χ1n) is 8.69. The summed E-state index contributed by atoms with van der Waals surface area (Å²) < 4.78 is 6.18. The van der Waals surface area contributed by atoms with Gasteiger partial charge in [-0.3, -0.25) is 4.79 Å². The number of hydrogen-bond donors (Lipinski definition) is 1. The molecule has 1 N–H and O–H groups in total. The summed E-state index contributed by atoms with van der Waals surface area (Å²) >= 11 is 11.0. The highest BCUT2D eigenvalue weighted by Crippen LogP contribution is 2.24. The van der Waals surface area contributed by atoms with E-state index >= 15 is 0 Å². The fourth-order valence-corrected chi connectivity index (χ4v) is 3.84. The first kappa shape index (κ1) is 21.4. The van der Waals surface area contributed by atoms with Gasteiger partial charge in [-0.2, -0.15) is 5.10 Å². The quantitative estimate of drug-likeness (QED) is 0.245. The van der Waals surface area contributed by atoms with Crippen LogP contribution in [-0.4, -0.2) is 19.2 Å². The molecule has 3 rings (SSSR count). The van der Waals surface area contributed by atoms with E-state index < -0.39 is 0 Å². The molecule has 0 saturated carbocycles. The lowest BCUT2D eigenvalue weighted by atomic mass is 10.1. The summed E-state index contributed by atoms with van der Waals surface area (Å²) in [6, 6.07) is 20.8. The van der Waals surface area contributed by atoms with Gasteiger partial charge in [0.1, 0.15) is 5.75 Å². The molecule has 0 saturated heterocycles. The molecule has 148 valence electrons. The predicted octanol–water partition coefficient (Wildman–Crippen LogP) is 6.17. The van der Waals surface area contributed by atoms with Crippen LogP contribution in [0, 0.1) is 0 Å². The first-order chi connectivity index (χ1) is 14.0. The van der Waals surface area contributed by atoms with E-state index in [4.69, 9.17) is 16.3 Å². The largest absolute Gasteiger partial charge is 0.496 e. The van der Waals surface area contributed by atoms with E-state index in [0.29, 0.717) is 11.3 Å². The Kier molecular flexibility index (Phi) is 7.75. The standard InChI is InChI=1S/C22H18BrClN2O2S/c1-28-21-11-6-18(23)12-17(21)13-25-26-22(27)16-4-2-15(3-5-16)14-29-20-9-7-19(24)8-10-20/h2-13H,14H2,1H3,(H,26,27)/b25-13-. The van der Waals surface area contributed by atoms with E-state index in [1.807, 2.05) is 54.6 Å². The summed E-state index contributed by atoms with van der Waals surface area (Å²) in [5, 5.41) is 4.76. The van der Waals surface area contributed by atoms with Crippen LogP contribution in [0.1, 0.15) is 21.5 Å². The number of methoxy groups -OCH3 is 1. The Hall–Kier alpha value is -2.28. The third-order valence-corrected chi connectivity index (χ3v) is 5.83. The number of amides is 1. The third-order valence-electron chi connectivity index (χ3n) is 4.00. The molecule has 3 aromatic rings. The molecule has 7 heteroatoms. The topological polar surface area (TPSA) is 50.7 Å². The van der Waals surface area contributed by atoms with Crippen LogP contribution < -0.4 is 10.2 Å². The van der Waals surface area contributed by atoms with Crippen LogP contribution in [0.15, 0.2) is 81.2 Å². The molecular weight excluding hydrogens is 472 g/mol. The molecule has 1 amide bonds. The highest BCUT2D eigenvalue weighted by molar-refractivity contribution is 9.10. The highest BCUT2D eigenvalue weighted by atomic mass is 79.9. The minimum Gasteiger partial charge on any atom is -0.496 e. The SMILES string of the molecule is COc1ccc(Br)cc1/C=N\NC(=O)c1ccc(CSc2ccc(Cl)cc2)cc1. The lowest BCUT2D eigenvalue weighted by Gasteiger charge is -2.05. The fraction of sp³-hybridized carbons (Fsp3) is 0.0909. The Balaban J connectivity index is 1.56. The normalized spacial score (nSPS) is 10.9. The van der Waals surface area contributed by atoms with E-state index in [9.17, 15) is 4.79 Å². The van der Waals surface area contributed by atoms with Gasteiger partial charge in [0.25, 0.3) is 5.91 Å². The van der Waals surface area contributed by atoms with E-state index in [1.54, 1.807) is 37.2 Å². The van der Waals surface area contributed by atoms with Crippen molar-refractivity contribution in [3.8, 4) is 5.75 Å². The van der Waals surface area contributed by atoms with Crippen molar-refractivity contribution in [1.29, 1.82) is 0 Å². The van der Waals surface area contributed by atoms with Gasteiger partial charge in [-0.05, 0) is 60.2 Å². The Morgan fingerprint density at radius 2 is 1.86 bits per heavy atom. The van der Waals surface area contributed by atoms with Crippen molar-refractivity contribution in [2.45, 2.75) is 10.6 Å². The van der Waals surface area contributed by atoms with E-state index in [0.717, 1.165) is 31.3 Å². The molecule has 0 atom stereocenters. The number of halogens is 2. The monoisotopic (exact) mass is 488 g/mol. The van der Waals surface area contributed by atoms with Gasteiger partial charge in [-0.1, -0.05) is 39.7 Å². The number of hydrogen-bond acceptors (Lipinski definition) is 4. The fourth-order valence-electron chi connectivity index (χ4n) is 2.48. The van der Waals surface area contributed by atoms with Crippen LogP contribution >= 0.6 is 39.3 Å². The predicted molar refractivity (Wildman–Crippen MR) is 123 cm³/mol. The second-order valence-electron chi connectivity index (χ2n) is 6.02. The van der Waals surface area contributed by atoms with Crippen molar-refractivity contribution in [2.24, 2.45) is 5.10 Å². The van der Waals surface area contributed by atoms with Crippen molar-refractivity contribution >= 4 is 51.4 Å². The number of benzene rings is 3. The molecule has 0 aliphatic heterocycles. The summed E-state index contributed by atoms with van der Waals surface area (Å²) in [7, 11) is 1.59. The van der Waals surface area contributed by atoms with E-state index in [-0.39, 0.29) is 5.91 Å². The highest BCUT2D eigenvalue weighted by Gasteiger charge is 2.05. The van der Waals surface area contributed by atoms with Crippen molar-refractivity contribution in [3.05, 3.63) is 92.9 Å². The summed E-state index contributed by atoms with van der Waals surface area (Å²) in [6.45, 7) is 0. The lowest BCUT2D eigenvalue weighted by molar-refractivity contribution is 0.0955. The average Bonchev–Trinajstić information content (AvgIpc) is 2.74. The van der Waals surface area contributed by atoms with Crippen LogP contribution in [0.4, 0.5) is 0 Å². The molecule has 0 aliphatic rings. The number of carbonyl (C=O) groups excluding carboxylic acids is 1. The number of carbonyl (C=O) groups is 1. The molecular formula is C22H18BrClN2O2S. The minimum atomic E-state index is -0.271. The average molecular weight is 490 g/mol. The Labute approximate surface area is 187 Å². The minimum absolute atomic E-state index is 0.271. The summed E-state index contributed by atoms with van der Waals surface area (Å²) in [5.41, 5.74) is 4.98. The van der Waals surface area contributed by atoms with Gasteiger partial charge in [-0.25, -0.2) is 5.43 Å². The van der Waals surface area contributed by atoms with Crippen LogP contribution in [0.5, 0.6) is 5.75 Å². The van der Waals surface area contributed by atoms with Gasteiger partial charge in [0.15, 0.2) is 0 Å². The Morgan fingerprint density at radius 1 is 1.14 bits per heavy atom.